The van der Waals surface area contributed by atoms with E-state index in [1.807, 2.05) is 72.8 Å². The number of hydrogen-bond acceptors (Lipinski definition) is 6. The maximum Gasteiger partial charge on any atom is 0.198 e. The van der Waals surface area contributed by atoms with Crippen molar-refractivity contribution in [2.75, 3.05) is 0 Å². The van der Waals surface area contributed by atoms with Gasteiger partial charge in [-0.2, -0.15) is 0 Å². The molecule has 9 rings (SSSR count). The van der Waals surface area contributed by atoms with E-state index in [4.69, 9.17) is 29.9 Å². The Labute approximate surface area is 259 Å². The van der Waals surface area contributed by atoms with Gasteiger partial charge in [0.05, 0.1) is 28.1 Å². The Morgan fingerprint density at radius 2 is 0.867 bits per heavy atom. The number of hydrogen-bond donors (Lipinski definition) is 0. The van der Waals surface area contributed by atoms with Crippen LogP contribution in [-0.2, 0) is 6.42 Å². The fourth-order valence-corrected chi connectivity index (χ4v) is 6.27. The van der Waals surface area contributed by atoms with Gasteiger partial charge in [-0.25, -0.2) is 29.9 Å². The normalized spacial score (nSPS) is 11.9. The van der Waals surface area contributed by atoms with Crippen molar-refractivity contribution in [3.05, 3.63) is 145 Å². The van der Waals surface area contributed by atoms with Crippen LogP contribution >= 0.6 is 0 Å². The molecule has 8 aromatic rings. The molecule has 1 aliphatic carbocycles. The van der Waals surface area contributed by atoms with Gasteiger partial charge in [0.15, 0.2) is 17.5 Å². The van der Waals surface area contributed by atoms with Crippen LogP contribution in [0.1, 0.15) is 11.3 Å². The molecule has 210 valence electrons. The van der Waals surface area contributed by atoms with Gasteiger partial charge < -0.3 is 0 Å². The number of nitrogens with zero attached hydrogens (tertiary/aromatic N) is 6. The molecule has 0 radical (unpaired) electrons. The first kappa shape index (κ1) is 25.4. The zero-order valence-corrected chi connectivity index (χ0v) is 24.1. The van der Waals surface area contributed by atoms with E-state index < -0.39 is 0 Å². The Morgan fingerprint density at radius 3 is 1.53 bits per heavy atom. The number of para-hydroxylation sites is 2. The predicted octanol–water partition coefficient (Wildman–Crippen LogP) is 8.60. The molecule has 3 heterocycles. The molecule has 0 aliphatic heterocycles. The lowest BCUT2D eigenvalue weighted by atomic mass is 10.0. The average molecular weight is 577 g/mol. The quantitative estimate of drug-likeness (QED) is 0.209. The molecule has 1 aliphatic rings. The second-order valence-electron chi connectivity index (χ2n) is 11.1. The summed E-state index contributed by atoms with van der Waals surface area (Å²) in [5, 5.41) is 1.97. The Hall–Kier alpha value is -6.14. The average Bonchev–Trinajstić information content (AvgIpc) is 3.50. The highest BCUT2D eigenvalue weighted by atomic mass is 15.0. The second-order valence-corrected chi connectivity index (χ2v) is 11.1. The van der Waals surface area contributed by atoms with Crippen molar-refractivity contribution in [1.29, 1.82) is 0 Å². The van der Waals surface area contributed by atoms with Crippen LogP contribution in [0, 0.1) is 0 Å². The van der Waals surface area contributed by atoms with Crippen LogP contribution in [0.2, 0.25) is 0 Å². The Kier molecular flexibility index (Phi) is 5.77. The van der Waals surface area contributed by atoms with Gasteiger partial charge in [0.2, 0.25) is 0 Å². The zero-order chi connectivity index (χ0) is 29.7. The summed E-state index contributed by atoms with van der Waals surface area (Å²) in [6.45, 7) is 0. The molecule has 5 aromatic carbocycles. The van der Waals surface area contributed by atoms with Crippen molar-refractivity contribution in [2.24, 2.45) is 0 Å². The van der Waals surface area contributed by atoms with Crippen molar-refractivity contribution in [3.8, 4) is 56.8 Å². The number of rotatable bonds is 4. The van der Waals surface area contributed by atoms with Gasteiger partial charge in [-0.15, -0.1) is 0 Å². The highest BCUT2D eigenvalue weighted by Gasteiger charge is 2.28. The summed E-state index contributed by atoms with van der Waals surface area (Å²) in [6.07, 6.45) is 0.687. The molecule has 0 unspecified atom stereocenters. The third kappa shape index (κ3) is 4.26. The Morgan fingerprint density at radius 1 is 0.378 bits per heavy atom. The van der Waals surface area contributed by atoms with Gasteiger partial charge in [-0.05, 0) is 23.3 Å². The lowest BCUT2D eigenvalue weighted by molar-refractivity contribution is 1.03. The van der Waals surface area contributed by atoms with E-state index in [1.165, 1.54) is 5.56 Å². The molecule has 6 nitrogen and oxygen atoms in total. The highest BCUT2D eigenvalue weighted by Crippen LogP contribution is 2.42. The first-order valence-electron chi connectivity index (χ1n) is 14.9. The molecule has 0 N–H and O–H groups in total. The molecule has 0 saturated carbocycles. The van der Waals surface area contributed by atoms with Gasteiger partial charge in [0.25, 0.3) is 0 Å². The maximum absolute atomic E-state index is 5.21. The van der Waals surface area contributed by atoms with Crippen LogP contribution in [0.15, 0.2) is 133 Å². The van der Waals surface area contributed by atoms with Gasteiger partial charge in [0.1, 0.15) is 5.69 Å². The molecular weight excluding hydrogens is 552 g/mol. The lowest BCUT2D eigenvalue weighted by Crippen LogP contribution is -2.05. The summed E-state index contributed by atoms with van der Waals surface area (Å²) >= 11 is 0. The minimum absolute atomic E-state index is 0.456. The summed E-state index contributed by atoms with van der Waals surface area (Å²) in [7, 11) is 0. The molecule has 0 saturated heterocycles. The van der Waals surface area contributed by atoms with Gasteiger partial charge in [-0.3, -0.25) is 0 Å². The van der Waals surface area contributed by atoms with Crippen molar-refractivity contribution in [2.45, 2.75) is 6.42 Å². The van der Waals surface area contributed by atoms with E-state index in [0.717, 1.165) is 61.1 Å². The number of benzene rings is 5. The van der Waals surface area contributed by atoms with Crippen LogP contribution in [0.4, 0.5) is 0 Å². The van der Waals surface area contributed by atoms with Crippen LogP contribution in [0.3, 0.4) is 0 Å². The smallest absolute Gasteiger partial charge is 0.198 e. The van der Waals surface area contributed by atoms with E-state index >= 15 is 0 Å². The van der Waals surface area contributed by atoms with Gasteiger partial charge in [-0.1, -0.05) is 121 Å². The second kappa shape index (κ2) is 10.2. The van der Waals surface area contributed by atoms with Crippen molar-refractivity contribution < 1.29 is 0 Å². The van der Waals surface area contributed by atoms with Crippen molar-refractivity contribution >= 4 is 21.8 Å². The molecule has 0 fully saturated rings. The fourth-order valence-electron chi connectivity index (χ4n) is 6.27. The summed E-state index contributed by atoms with van der Waals surface area (Å²) in [4.78, 5) is 30.7. The summed E-state index contributed by atoms with van der Waals surface area (Å²) in [5.41, 5.74) is 10.3. The number of aromatic nitrogens is 6. The van der Waals surface area contributed by atoms with E-state index in [9.17, 15) is 0 Å². The molecule has 0 amide bonds. The maximum atomic E-state index is 5.21. The molecule has 0 bridgehead atoms. The third-order valence-electron chi connectivity index (χ3n) is 8.34. The summed E-state index contributed by atoms with van der Waals surface area (Å²) in [5.74, 6) is 1.47. The predicted molar refractivity (Wildman–Crippen MR) is 178 cm³/mol. The highest BCUT2D eigenvalue weighted by molar-refractivity contribution is 5.96. The van der Waals surface area contributed by atoms with Crippen LogP contribution < -0.4 is 0 Å². The van der Waals surface area contributed by atoms with Crippen LogP contribution in [0.25, 0.3) is 78.6 Å². The number of fused-ring (bicyclic) bond motifs is 5. The third-order valence-corrected chi connectivity index (χ3v) is 8.34. The van der Waals surface area contributed by atoms with Crippen LogP contribution in [-0.4, -0.2) is 29.9 Å². The first-order valence-corrected chi connectivity index (χ1v) is 14.9. The van der Waals surface area contributed by atoms with Gasteiger partial charge >= 0.3 is 0 Å². The molecule has 3 aromatic heterocycles. The summed E-state index contributed by atoms with van der Waals surface area (Å²) < 4.78 is 0. The molecule has 6 heteroatoms. The van der Waals surface area contributed by atoms with Crippen LogP contribution in [0.5, 0.6) is 0 Å². The Balaban J connectivity index is 1.33. The zero-order valence-electron chi connectivity index (χ0n) is 24.1. The van der Waals surface area contributed by atoms with Gasteiger partial charge in [0, 0.05) is 33.9 Å². The van der Waals surface area contributed by atoms with E-state index in [-0.39, 0.29) is 0 Å². The van der Waals surface area contributed by atoms with E-state index in [1.54, 1.807) is 0 Å². The topological polar surface area (TPSA) is 77.3 Å². The van der Waals surface area contributed by atoms with E-state index in [2.05, 4.69) is 60.7 Å². The van der Waals surface area contributed by atoms with Crippen molar-refractivity contribution in [3.63, 3.8) is 0 Å². The largest absolute Gasteiger partial charge is 0.229 e. The van der Waals surface area contributed by atoms with E-state index in [0.29, 0.717) is 29.6 Å². The molecular formula is C39H24N6. The standard InChI is InChI=1S/C39H24N6/c1-3-13-24(14-4-1)34-28-19-9-11-21-30(28)40-37(43-34)36-33-27-18-8-7-17-26(27)23-32(33)42-39(45-36)38-41-31-22-12-10-20-29(31)35(44-38)25-15-5-2-6-16-25/h1-22H,23H2. The lowest BCUT2D eigenvalue weighted by Gasteiger charge is -2.14. The molecule has 0 atom stereocenters. The first-order chi connectivity index (χ1) is 22.3. The molecule has 45 heavy (non-hydrogen) atoms. The Bertz CT molecular complexity index is 2400. The summed E-state index contributed by atoms with van der Waals surface area (Å²) in [6, 6.07) is 45.0. The van der Waals surface area contributed by atoms with Crippen molar-refractivity contribution in [1.82, 2.24) is 29.9 Å². The molecule has 0 spiro atoms. The SMILES string of the molecule is c1ccc(-c2nc(-c3nc4c(c(-c5nc(-c6ccccc6)c6ccccc6n5)n3)-c3ccccc3C4)nc3ccccc23)cc1. The monoisotopic (exact) mass is 576 g/mol. The fraction of sp³-hybridized carbons (Fsp3) is 0.0256. The minimum Gasteiger partial charge on any atom is -0.229 e. The minimum atomic E-state index is 0.456.